The molecule has 3 rings (SSSR count). The molecule has 8 heteroatoms. The lowest BCUT2D eigenvalue weighted by molar-refractivity contribution is -0.121. The molecule has 7 nitrogen and oxygen atoms in total. The molecular weight excluding hydrogens is 432 g/mol. The number of hydrogen-bond acceptors (Lipinski definition) is 5. The molecule has 1 atom stereocenters. The highest BCUT2D eigenvalue weighted by Crippen LogP contribution is 2.29. The Morgan fingerprint density at radius 3 is 2.66 bits per heavy atom. The van der Waals surface area contributed by atoms with Crippen LogP contribution < -0.4 is 20.1 Å². The Kier molecular flexibility index (Phi) is 9.19. The van der Waals surface area contributed by atoms with E-state index in [-0.39, 0.29) is 17.9 Å². The fourth-order valence-corrected chi connectivity index (χ4v) is 3.47. The van der Waals surface area contributed by atoms with Gasteiger partial charge >= 0.3 is 0 Å². The van der Waals surface area contributed by atoms with Gasteiger partial charge in [-0.2, -0.15) is 0 Å². The highest BCUT2D eigenvalue weighted by Gasteiger charge is 2.17. The molecule has 1 fully saturated rings. The van der Waals surface area contributed by atoms with Crippen molar-refractivity contribution in [1.29, 1.82) is 0 Å². The van der Waals surface area contributed by atoms with Crippen molar-refractivity contribution in [3.8, 4) is 11.5 Å². The van der Waals surface area contributed by atoms with E-state index >= 15 is 0 Å². The molecule has 0 radical (unpaired) electrons. The number of ether oxygens (including phenoxy) is 3. The minimum atomic E-state index is -0.184. The molecule has 1 aliphatic heterocycles. The Bertz CT molecular complexity index is 898. The number of methoxy groups -OCH3 is 1. The molecule has 0 spiro atoms. The molecule has 1 unspecified atom stereocenters. The first-order valence-corrected chi connectivity index (χ1v) is 11.1. The molecule has 1 aliphatic rings. The first-order valence-electron chi connectivity index (χ1n) is 10.8. The summed E-state index contributed by atoms with van der Waals surface area (Å²) in [5, 5.41) is 6.27. The van der Waals surface area contributed by atoms with E-state index in [1.165, 1.54) is 0 Å². The molecule has 2 aromatic rings. The molecule has 172 valence electrons. The fraction of sp³-hybridized carbons (Fsp3) is 0.417. The Balaban J connectivity index is 1.36. The van der Waals surface area contributed by atoms with Crippen molar-refractivity contribution in [3.05, 3.63) is 58.6 Å². The Hall–Kier alpha value is -2.77. The molecule has 2 N–H and O–H groups in total. The average Bonchev–Trinajstić information content (AvgIpc) is 3.33. The minimum absolute atomic E-state index is 0.0802. The second-order valence-corrected chi connectivity index (χ2v) is 8.01. The Labute approximate surface area is 193 Å². The van der Waals surface area contributed by atoms with Crippen LogP contribution in [0.1, 0.15) is 41.6 Å². The van der Waals surface area contributed by atoms with Crippen LogP contribution in [0.4, 0.5) is 0 Å². The predicted octanol–water partition coefficient (Wildman–Crippen LogP) is 3.73. The highest BCUT2D eigenvalue weighted by molar-refractivity contribution is 6.30. The average molecular weight is 461 g/mol. The minimum Gasteiger partial charge on any atom is -0.493 e. The van der Waals surface area contributed by atoms with Crippen molar-refractivity contribution in [2.75, 3.05) is 26.9 Å². The second-order valence-electron chi connectivity index (χ2n) is 7.57. The summed E-state index contributed by atoms with van der Waals surface area (Å²) in [4.78, 5) is 24.2. The third-order valence-corrected chi connectivity index (χ3v) is 5.39. The molecule has 1 heterocycles. The van der Waals surface area contributed by atoms with Crippen molar-refractivity contribution in [2.45, 2.75) is 38.3 Å². The summed E-state index contributed by atoms with van der Waals surface area (Å²) >= 11 is 5.82. The lowest BCUT2D eigenvalue weighted by atomic mass is 10.2. The van der Waals surface area contributed by atoms with Crippen LogP contribution in [0, 0.1) is 0 Å². The number of carbonyl (C=O) groups is 2. The lowest BCUT2D eigenvalue weighted by Crippen LogP contribution is -2.27. The maximum absolute atomic E-state index is 12.1. The van der Waals surface area contributed by atoms with Gasteiger partial charge in [-0.3, -0.25) is 9.59 Å². The zero-order valence-corrected chi connectivity index (χ0v) is 19.0. The van der Waals surface area contributed by atoms with Gasteiger partial charge in [-0.1, -0.05) is 17.7 Å². The van der Waals surface area contributed by atoms with Gasteiger partial charge in [-0.15, -0.1) is 0 Å². The third-order valence-electron chi connectivity index (χ3n) is 5.14. The van der Waals surface area contributed by atoms with Crippen molar-refractivity contribution in [1.82, 2.24) is 10.6 Å². The summed E-state index contributed by atoms with van der Waals surface area (Å²) < 4.78 is 16.8. The van der Waals surface area contributed by atoms with Gasteiger partial charge < -0.3 is 24.8 Å². The van der Waals surface area contributed by atoms with E-state index < -0.39 is 0 Å². The first kappa shape index (κ1) is 23.9. The summed E-state index contributed by atoms with van der Waals surface area (Å²) in [6.07, 6.45) is 3.08. The van der Waals surface area contributed by atoms with E-state index in [4.69, 9.17) is 25.8 Å². The number of halogens is 1. The topological polar surface area (TPSA) is 85.9 Å². The van der Waals surface area contributed by atoms with Crippen LogP contribution in [0.5, 0.6) is 11.5 Å². The monoisotopic (exact) mass is 460 g/mol. The molecule has 2 amide bonds. The number of rotatable bonds is 11. The number of carbonyl (C=O) groups excluding carboxylic acids is 2. The van der Waals surface area contributed by atoms with Gasteiger partial charge in [0.05, 0.1) is 13.2 Å². The zero-order valence-electron chi connectivity index (χ0n) is 18.2. The van der Waals surface area contributed by atoms with Crippen LogP contribution in [0.25, 0.3) is 0 Å². The van der Waals surface area contributed by atoms with Crippen molar-refractivity contribution < 1.29 is 23.8 Å². The molecule has 0 bridgehead atoms. The summed E-state index contributed by atoms with van der Waals surface area (Å²) in [5.74, 6) is 1.02. The van der Waals surface area contributed by atoms with E-state index in [2.05, 4.69) is 10.6 Å². The van der Waals surface area contributed by atoms with Crippen molar-refractivity contribution in [2.24, 2.45) is 0 Å². The summed E-state index contributed by atoms with van der Waals surface area (Å²) in [7, 11) is 1.59. The normalized spacial score (nSPS) is 15.2. The summed E-state index contributed by atoms with van der Waals surface area (Å²) in [6, 6.07) is 12.3. The summed E-state index contributed by atoms with van der Waals surface area (Å²) in [6.45, 7) is 2.09. The zero-order chi connectivity index (χ0) is 22.8. The number of benzene rings is 2. The molecular formula is C24H29ClN2O5. The van der Waals surface area contributed by atoms with E-state index in [0.717, 1.165) is 25.0 Å². The van der Waals surface area contributed by atoms with Gasteiger partial charge in [0.2, 0.25) is 5.91 Å². The van der Waals surface area contributed by atoms with Gasteiger partial charge in [0.15, 0.2) is 11.5 Å². The predicted molar refractivity (Wildman–Crippen MR) is 122 cm³/mol. The van der Waals surface area contributed by atoms with Crippen LogP contribution in [0.3, 0.4) is 0 Å². The Morgan fingerprint density at radius 2 is 1.94 bits per heavy atom. The largest absolute Gasteiger partial charge is 0.493 e. The van der Waals surface area contributed by atoms with Crippen molar-refractivity contribution >= 4 is 23.4 Å². The van der Waals surface area contributed by atoms with E-state index in [1.54, 1.807) is 31.4 Å². The second kappa shape index (κ2) is 12.3. The van der Waals surface area contributed by atoms with Crippen LogP contribution in [-0.4, -0.2) is 44.8 Å². The number of amides is 2. The van der Waals surface area contributed by atoms with E-state index in [0.29, 0.717) is 54.6 Å². The quantitative estimate of drug-likeness (QED) is 0.499. The lowest BCUT2D eigenvalue weighted by Gasteiger charge is -2.15. The third kappa shape index (κ3) is 7.43. The van der Waals surface area contributed by atoms with Crippen LogP contribution in [-0.2, 0) is 16.1 Å². The van der Waals surface area contributed by atoms with Crippen molar-refractivity contribution in [3.63, 3.8) is 0 Å². The van der Waals surface area contributed by atoms with Crippen LogP contribution in [0.2, 0.25) is 5.02 Å². The molecule has 2 aromatic carbocycles. The van der Waals surface area contributed by atoms with Gasteiger partial charge in [-0.05, 0) is 61.2 Å². The van der Waals surface area contributed by atoms with Gasteiger partial charge in [0.25, 0.3) is 5.91 Å². The fourth-order valence-electron chi connectivity index (χ4n) is 3.34. The SMILES string of the molecule is COc1cc(CNC(=O)CCCNC(=O)c2ccc(Cl)cc2)ccc1OCC1CCCO1. The molecule has 0 aromatic heterocycles. The number of hydrogen-bond donors (Lipinski definition) is 2. The van der Waals surface area contributed by atoms with Gasteiger partial charge in [-0.25, -0.2) is 0 Å². The maximum atomic E-state index is 12.1. The van der Waals surface area contributed by atoms with Gasteiger partial charge in [0, 0.05) is 36.7 Å². The van der Waals surface area contributed by atoms with Crippen LogP contribution in [0.15, 0.2) is 42.5 Å². The smallest absolute Gasteiger partial charge is 0.251 e. The molecule has 0 aliphatic carbocycles. The number of nitrogens with one attached hydrogen (secondary N) is 2. The molecule has 1 saturated heterocycles. The highest BCUT2D eigenvalue weighted by atomic mass is 35.5. The Morgan fingerprint density at radius 1 is 1.12 bits per heavy atom. The molecule has 0 saturated carbocycles. The van der Waals surface area contributed by atoms with Crippen LogP contribution >= 0.6 is 11.6 Å². The molecule has 32 heavy (non-hydrogen) atoms. The first-order chi connectivity index (χ1) is 15.5. The summed E-state index contributed by atoms with van der Waals surface area (Å²) in [5.41, 5.74) is 1.45. The van der Waals surface area contributed by atoms with E-state index in [1.807, 2.05) is 18.2 Å². The maximum Gasteiger partial charge on any atom is 0.251 e. The van der Waals surface area contributed by atoms with Gasteiger partial charge in [0.1, 0.15) is 6.61 Å². The standard InChI is InChI=1S/C24H29ClN2O5/c1-30-22-14-17(6-11-21(22)32-16-20-4-3-13-31-20)15-27-23(28)5-2-12-26-24(29)18-7-9-19(25)10-8-18/h6-11,14,20H,2-5,12-13,15-16H2,1H3,(H,26,29)(H,27,28). The van der Waals surface area contributed by atoms with E-state index in [9.17, 15) is 9.59 Å².